The number of hydrogen-bond acceptors (Lipinski definition) is 3. The molecule has 0 saturated carbocycles. The molecule has 0 unspecified atom stereocenters. The van der Waals surface area contributed by atoms with Crippen LogP contribution in [0, 0.1) is 11.3 Å². The summed E-state index contributed by atoms with van der Waals surface area (Å²) < 4.78 is 40.1. The van der Waals surface area contributed by atoms with Crippen LogP contribution in [0.15, 0.2) is 58.2 Å². The van der Waals surface area contributed by atoms with Gasteiger partial charge in [-0.2, -0.15) is 18.4 Å². The van der Waals surface area contributed by atoms with E-state index in [1.165, 1.54) is 34.1 Å². The molecule has 0 N–H and O–H groups in total. The lowest BCUT2D eigenvalue weighted by Crippen LogP contribution is -2.48. The van der Waals surface area contributed by atoms with E-state index in [0.717, 1.165) is 12.1 Å². The van der Waals surface area contributed by atoms with Crippen molar-refractivity contribution < 1.29 is 22.8 Å². The minimum Gasteiger partial charge on any atom is -0.294 e. The fourth-order valence-corrected chi connectivity index (χ4v) is 4.25. The first-order chi connectivity index (χ1) is 14.2. The maximum atomic E-state index is 13.4. The lowest BCUT2D eigenvalue weighted by molar-refractivity contribution is -0.137. The molecule has 2 amide bonds. The molecule has 0 radical (unpaired) electrons. The number of benzene rings is 2. The molecule has 0 aromatic heterocycles. The van der Waals surface area contributed by atoms with Crippen molar-refractivity contribution in [2.75, 3.05) is 16.3 Å². The number of nitriles is 1. The van der Waals surface area contributed by atoms with Crippen LogP contribution in [0.4, 0.5) is 29.3 Å². The lowest BCUT2D eigenvalue weighted by atomic mass is 10.1. The molecule has 0 spiro atoms. The third kappa shape index (κ3) is 3.37. The van der Waals surface area contributed by atoms with Crippen molar-refractivity contribution in [2.45, 2.75) is 19.0 Å². The molecule has 4 rings (SSSR count). The first-order valence-corrected chi connectivity index (χ1v) is 9.74. The lowest BCUT2D eigenvalue weighted by Gasteiger charge is -2.37. The van der Waals surface area contributed by atoms with Crippen LogP contribution in [0.2, 0.25) is 0 Å². The molecule has 1 aliphatic carbocycles. The highest BCUT2D eigenvalue weighted by Gasteiger charge is 2.41. The predicted molar refractivity (Wildman–Crippen MR) is 107 cm³/mol. The molecular weight excluding hydrogens is 463 g/mol. The third-order valence-corrected chi connectivity index (χ3v) is 5.72. The highest BCUT2D eigenvalue weighted by molar-refractivity contribution is 9.10. The Kier molecular flexibility index (Phi) is 4.90. The van der Waals surface area contributed by atoms with Gasteiger partial charge in [-0.05, 0) is 58.7 Å². The second kappa shape index (κ2) is 7.29. The molecule has 0 fully saturated rings. The van der Waals surface area contributed by atoms with Crippen LogP contribution >= 0.6 is 15.9 Å². The second-order valence-electron chi connectivity index (χ2n) is 6.88. The van der Waals surface area contributed by atoms with Crippen molar-refractivity contribution in [3.63, 3.8) is 0 Å². The highest BCUT2D eigenvalue weighted by Crippen LogP contribution is 2.40. The number of amides is 2. The molecule has 5 nitrogen and oxygen atoms in total. The number of urea groups is 1. The molecule has 2 aromatic rings. The van der Waals surface area contributed by atoms with Gasteiger partial charge in [0.15, 0.2) is 5.78 Å². The Morgan fingerprint density at radius 3 is 2.50 bits per heavy atom. The zero-order valence-electron chi connectivity index (χ0n) is 15.3. The Bertz CT molecular complexity index is 1150. The highest BCUT2D eigenvalue weighted by atomic mass is 79.9. The van der Waals surface area contributed by atoms with Gasteiger partial charge in [0.25, 0.3) is 0 Å². The SMILES string of the molecule is N#Cc1ccc(N2CC3=C(CCC3=O)N(c3cccc(C(F)(F)F)c3)C2=O)c(Br)c1. The molecule has 30 heavy (non-hydrogen) atoms. The first-order valence-electron chi connectivity index (χ1n) is 8.94. The van der Waals surface area contributed by atoms with E-state index in [4.69, 9.17) is 5.26 Å². The molecule has 2 aliphatic rings. The van der Waals surface area contributed by atoms with Crippen LogP contribution in [0.1, 0.15) is 24.0 Å². The number of alkyl halides is 3. The number of hydrogen-bond donors (Lipinski definition) is 0. The average molecular weight is 476 g/mol. The quantitative estimate of drug-likeness (QED) is 0.583. The number of nitrogens with zero attached hydrogens (tertiary/aromatic N) is 3. The number of ketones is 1. The summed E-state index contributed by atoms with van der Waals surface area (Å²) >= 11 is 3.34. The summed E-state index contributed by atoms with van der Waals surface area (Å²) in [6.07, 6.45) is -4.07. The van der Waals surface area contributed by atoms with Gasteiger partial charge in [0, 0.05) is 22.2 Å². The largest absolute Gasteiger partial charge is 0.416 e. The number of anilines is 2. The Hall–Kier alpha value is -3.12. The van der Waals surface area contributed by atoms with Gasteiger partial charge in [-0.3, -0.25) is 14.6 Å². The summed E-state index contributed by atoms with van der Waals surface area (Å²) in [6.45, 7) is 0.0208. The van der Waals surface area contributed by atoms with Crippen LogP contribution in [0.5, 0.6) is 0 Å². The normalized spacial score (nSPS) is 16.8. The molecule has 0 atom stereocenters. The maximum absolute atomic E-state index is 13.4. The van der Waals surface area contributed by atoms with Gasteiger partial charge in [0.1, 0.15) is 0 Å². The number of carbonyl (C=O) groups excluding carboxylic acids is 2. The number of Topliss-reactive ketones (excluding diaryl/α,β-unsaturated/α-hetero) is 1. The van der Waals surface area contributed by atoms with Crippen molar-refractivity contribution in [3.05, 3.63) is 69.3 Å². The maximum Gasteiger partial charge on any atom is 0.416 e. The monoisotopic (exact) mass is 475 g/mol. The molecule has 1 heterocycles. The summed E-state index contributed by atoms with van der Waals surface area (Å²) in [7, 11) is 0. The summed E-state index contributed by atoms with van der Waals surface area (Å²) in [5.74, 6) is -0.135. The van der Waals surface area contributed by atoms with Gasteiger partial charge >= 0.3 is 12.2 Å². The Balaban J connectivity index is 1.83. The fourth-order valence-electron chi connectivity index (χ4n) is 3.65. The van der Waals surface area contributed by atoms with Gasteiger partial charge in [0.2, 0.25) is 0 Å². The van der Waals surface area contributed by atoms with Crippen LogP contribution in [-0.2, 0) is 11.0 Å². The van der Waals surface area contributed by atoms with Gasteiger partial charge in [-0.15, -0.1) is 0 Å². The van der Waals surface area contributed by atoms with Crippen LogP contribution in [0.3, 0.4) is 0 Å². The van der Waals surface area contributed by atoms with E-state index in [2.05, 4.69) is 15.9 Å². The second-order valence-corrected chi connectivity index (χ2v) is 7.73. The van der Waals surface area contributed by atoms with E-state index in [1.54, 1.807) is 6.07 Å². The minimum atomic E-state index is -4.56. The number of allylic oxidation sites excluding steroid dienone is 1. The van der Waals surface area contributed by atoms with Gasteiger partial charge in [0.05, 0.1) is 35.1 Å². The zero-order valence-corrected chi connectivity index (χ0v) is 16.9. The summed E-state index contributed by atoms with van der Waals surface area (Å²) in [4.78, 5) is 28.3. The Morgan fingerprint density at radius 1 is 1.07 bits per heavy atom. The summed E-state index contributed by atoms with van der Waals surface area (Å²) in [6, 6.07) is 10.6. The van der Waals surface area contributed by atoms with Gasteiger partial charge in [-0.25, -0.2) is 4.79 Å². The summed E-state index contributed by atoms with van der Waals surface area (Å²) in [5.41, 5.74) is 0.806. The standard InChI is InChI=1S/C21H13BrF3N3O2/c22-16-8-12(10-26)4-5-18(16)27-11-15-17(6-7-19(15)29)28(20(27)30)14-3-1-2-13(9-14)21(23,24)25/h1-5,8-9H,6-7,11H2. The summed E-state index contributed by atoms with van der Waals surface area (Å²) in [5, 5.41) is 9.05. The van der Waals surface area contributed by atoms with Gasteiger partial charge in [-0.1, -0.05) is 6.07 Å². The molecule has 0 saturated heterocycles. The van der Waals surface area contributed by atoms with Crippen LogP contribution < -0.4 is 9.80 Å². The van der Waals surface area contributed by atoms with Crippen molar-refractivity contribution in [2.24, 2.45) is 0 Å². The molecule has 0 bridgehead atoms. The van der Waals surface area contributed by atoms with E-state index in [9.17, 15) is 22.8 Å². The van der Waals surface area contributed by atoms with Crippen LogP contribution in [-0.4, -0.2) is 18.4 Å². The average Bonchev–Trinajstić information content (AvgIpc) is 3.07. The first kappa shape index (κ1) is 20.2. The van der Waals surface area contributed by atoms with E-state index < -0.39 is 17.8 Å². The van der Waals surface area contributed by atoms with E-state index >= 15 is 0 Å². The molecular formula is C21H13BrF3N3O2. The molecule has 1 aliphatic heterocycles. The van der Waals surface area contributed by atoms with E-state index in [0.29, 0.717) is 33.4 Å². The fraction of sp³-hybridized carbons (Fsp3) is 0.190. The topological polar surface area (TPSA) is 64.4 Å². The zero-order chi connectivity index (χ0) is 21.6. The third-order valence-electron chi connectivity index (χ3n) is 5.08. The molecule has 9 heteroatoms. The van der Waals surface area contributed by atoms with Gasteiger partial charge < -0.3 is 0 Å². The predicted octanol–water partition coefficient (Wildman–Crippen LogP) is 5.40. The molecule has 152 valence electrons. The van der Waals surface area contributed by atoms with Crippen molar-refractivity contribution in [1.82, 2.24) is 0 Å². The van der Waals surface area contributed by atoms with Crippen molar-refractivity contribution >= 4 is 39.1 Å². The smallest absolute Gasteiger partial charge is 0.294 e. The Morgan fingerprint density at radius 2 is 1.83 bits per heavy atom. The van der Waals surface area contributed by atoms with E-state index in [-0.39, 0.29) is 24.4 Å². The number of carbonyl (C=O) groups is 2. The Labute approximate surface area is 178 Å². The molecule has 2 aromatic carbocycles. The minimum absolute atomic E-state index is 0.0208. The van der Waals surface area contributed by atoms with Crippen LogP contribution in [0.25, 0.3) is 0 Å². The van der Waals surface area contributed by atoms with E-state index in [1.807, 2.05) is 6.07 Å². The van der Waals surface area contributed by atoms with Crippen molar-refractivity contribution in [3.8, 4) is 6.07 Å². The number of halogens is 4. The number of rotatable bonds is 2. The van der Waals surface area contributed by atoms with Crippen molar-refractivity contribution in [1.29, 1.82) is 5.26 Å².